The summed E-state index contributed by atoms with van der Waals surface area (Å²) in [5, 5.41) is 0. The zero-order valence-corrected chi connectivity index (χ0v) is 14.2. The Hall–Kier alpha value is -2.97. The van der Waals surface area contributed by atoms with E-state index in [0.29, 0.717) is 16.3 Å². The summed E-state index contributed by atoms with van der Waals surface area (Å²) in [5.74, 6) is -0.330. The zero-order chi connectivity index (χ0) is 19.4. The van der Waals surface area contributed by atoms with E-state index < -0.39 is 18.6 Å². The summed E-state index contributed by atoms with van der Waals surface area (Å²) in [6, 6.07) is 9.83. The molecule has 1 aliphatic rings. The lowest BCUT2D eigenvalue weighted by Gasteiger charge is -2.30. The van der Waals surface area contributed by atoms with E-state index in [-0.39, 0.29) is 37.8 Å². The van der Waals surface area contributed by atoms with E-state index in [2.05, 4.69) is 0 Å². The Morgan fingerprint density at radius 1 is 1.19 bits per heavy atom. The van der Waals surface area contributed by atoms with Crippen LogP contribution in [0.15, 0.2) is 47.1 Å². The fourth-order valence-electron chi connectivity index (χ4n) is 2.80. The van der Waals surface area contributed by atoms with Crippen molar-refractivity contribution < 1.29 is 31.9 Å². The molecule has 0 fully saturated rings. The van der Waals surface area contributed by atoms with Crippen LogP contribution in [0.4, 0.5) is 18.9 Å². The molecule has 1 aromatic carbocycles. The minimum Gasteiger partial charge on any atom is -0.482 e. The molecular weight excluding hydrogens is 365 g/mol. The molecule has 0 spiro atoms. The summed E-state index contributed by atoms with van der Waals surface area (Å²) < 4.78 is 48.9. The van der Waals surface area contributed by atoms with Crippen molar-refractivity contribution in [2.75, 3.05) is 24.6 Å². The number of benzene rings is 1. The number of furan rings is 1. The van der Waals surface area contributed by atoms with Crippen molar-refractivity contribution >= 4 is 17.5 Å². The SMILES string of the molecule is O=C(CCN1C(=O)COc2ccccc21)N(Cc1ccco1)CC(F)(F)F. The number of anilines is 1. The van der Waals surface area contributed by atoms with Crippen molar-refractivity contribution in [3.63, 3.8) is 0 Å². The van der Waals surface area contributed by atoms with Crippen molar-refractivity contribution in [2.24, 2.45) is 0 Å². The lowest BCUT2D eigenvalue weighted by molar-refractivity contribution is -0.162. The van der Waals surface area contributed by atoms with Crippen molar-refractivity contribution in [3.8, 4) is 5.75 Å². The molecule has 0 atom stereocenters. The zero-order valence-electron chi connectivity index (χ0n) is 14.2. The molecular formula is C18H17F3N2O4. The monoisotopic (exact) mass is 382 g/mol. The number of carbonyl (C=O) groups is 2. The van der Waals surface area contributed by atoms with Gasteiger partial charge in [0.25, 0.3) is 5.91 Å². The standard InChI is InChI=1S/C18H17F3N2O4/c19-18(20,21)12-22(10-13-4-3-9-26-13)16(24)7-8-23-14-5-1-2-6-15(14)27-11-17(23)25/h1-6,9H,7-8,10-12H2. The third kappa shape index (κ3) is 4.81. The smallest absolute Gasteiger partial charge is 0.406 e. The second kappa shape index (κ2) is 7.73. The third-order valence-corrected chi connectivity index (χ3v) is 4.01. The molecule has 3 rings (SSSR count). The minimum absolute atomic E-state index is 0.0372. The molecule has 144 valence electrons. The summed E-state index contributed by atoms with van der Waals surface area (Å²) in [6.07, 6.45) is -3.46. The molecule has 2 aromatic rings. The molecule has 1 aliphatic heterocycles. The number of fused-ring (bicyclic) bond motifs is 1. The van der Waals surface area contributed by atoms with Gasteiger partial charge >= 0.3 is 6.18 Å². The van der Waals surface area contributed by atoms with Gasteiger partial charge in [0.15, 0.2) is 6.61 Å². The van der Waals surface area contributed by atoms with E-state index in [0.717, 1.165) is 0 Å². The number of ether oxygens (including phenoxy) is 1. The van der Waals surface area contributed by atoms with E-state index in [1.54, 1.807) is 24.3 Å². The van der Waals surface area contributed by atoms with Gasteiger partial charge < -0.3 is 19.0 Å². The molecule has 9 heteroatoms. The normalized spacial score (nSPS) is 13.9. The predicted molar refractivity (Wildman–Crippen MR) is 89.1 cm³/mol. The van der Waals surface area contributed by atoms with Gasteiger partial charge in [-0.2, -0.15) is 13.2 Å². The van der Waals surface area contributed by atoms with Crippen molar-refractivity contribution in [2.45, 2.75) is 19.1 Å². The summed E-state index contributed by atoms with van der Waals surface area (Å²) in [5.41, 5.74) is 0.495. The number of rotatable bonds is 6. The molecule has 0 saturated heterocycles. The molecule has 0 unspecified atom stereocenters. The van der Waals surface area contributed by atoms with Gasteiger partial charge in [0.05, 0.1) is 18.5 Å². The minimum atomic E-state index is -4.54. The second-order valence-electron chi connectivity index (χ2n) is 6.00. The topological polar surface area (TPSA) is 63.0 Å². The molecule has 27 heavy (non-hydrogen) atoms. The van der Waals surface area contributed by atoms with Gasteiger partial charge in [0.2, 0.25) is 5.91 Å². The Bertz CT molecular complexity index is 805. The average Bonchev–Trinajstić information content (AvgIpc) is 3.12. The van der Waals surface area contributed by atoms with Crippen LogP contribution in [0.25, 0.3) is 0 Å². The quantitative estimate of drug-likeness (QED) is 0.771. The summed E-state index contributed by atoms with van der Waals surface area (Å²) in [7, 11) is 0. The third-order valence-electron chi connectivity index (χ3n) is 4.01. The number of carbonyl (C=O) groups excluding carboxylic acids is 2. The van der Waals surface area contributed by atoms with Gasteiger partial charge in [-0.1, -0.05) is 12.1 Å². The van der Waals surface area contributed by atoms with Gasteiger partial charge in [-0.3, -0.25) is 9.59 Å². The van der Waals surface area contributed by atoms with Crippen LogP contribution < -0.4 is 9.64 Å². The highest BCUT2D eigenvalue weighted by molar-refractivity contribution is 5.98. The highest BCUT2D eigenvalue weighted by Crippen LogP contribution is 2.31. The lowest BCUT2D eigenvalue weighted by Crippen LogP contribution is -2.43. The summed E-state index contributed by atoms with van der Waals surface area (Å²) in [4.78, 5) is 26.6. The van der Waals surface area contributed by atoms with E-state index in [1.165, 1.54) is 23.3 Å². The fraction of sp³-hybridized carbons (Fsp3) is 0.333. The first-order chi connectivity index (χ1) is 12.8. The number of para-hydroxylation sites is 2. The fourth-order valence-corrected chi connectivity index (χ4v) is 2.80. The van der Waals surface area contributed by atoms with Crippen molar-refractivity contribution in [1.29, 1.82) is 0 Å². The molecule has 6 nitrogen and oxygen atoms in total. The highest BCUT2D eigenvalue weighted by Gasteiger charge is 2.34. The van der Waals surface area contributed by atoms with Crippen molar-refractivity contribution in [1.82, 2.24) is 4.90 Å². The Morgan fingerprint density at radius 3 is 2.67 bits per heavy atom. The van der Waals surface area contributed by atoms with E-state index in [1.807, 2.05) is 0 Å². The molecule has 0 saturated carbocycles. The molecule has 2 amide bonds. The van der Waals surface area contributed by atoms with Crippen molar-refractivity contribution in [3.05, 3.63) is 48.4 Å². The second-order valence-corrected chi connectivity index (χ2v) is 6.00. The number of hydrogen-bond acceptors (Lipinski definition) is 4. The van der Waals surface area contributed by atoms with Gasteiger partial charge in [-0.25, -0.2) is 0 Å². The number of hydrogen-bond donors (Lipinski definition) is 0. The van der Waals surface area contributed by atoms with Crippen LogP contribution in [0, 0.1) is 0 Å². The highest BCUT2D eigenvalue weighted by atomic mass is 19.4. The average molecular weight is 382 g/mol. The first-order valence-corrected chi connectivity index (χ1v) is 8.22. The van der Waals surface area contributed by atoms with E-state index in [9.17, 15) is 22.8 Å². The van der Waals surface area contributed by atoms with Crippen LogP contribution in [0.5, 0.6) is 5.75 Å². The van der Waals surface area contributed by atoms with E-state index in [4.69, 9.17) is 9.15 Å². The maximum atomic E-state index is 12.8. The number of alkyl halides is 3. The summed E-state index contributed by atoms with van der Waals surface area (Å²) in [6.45, 7) is -1.90. The number of nitrogens with zero attached hydrogens (tertiary/aromatic N) is 2. The maximum absolute atomic E-state index is 12.8. The Labute approximate surface area is 153 Å². The van der Waals surface area contributed by atoms with Crippen LogP contribution >= 0.6 is 0 Å². The van der Waals surface area contributed by atoms with Crippen LogP contribution in [0.2, 0.25) is 0 Å². The molecule has 0 bridgehead atoms. The summed E-state index contributed by atoms with van der Waals surface area (Å²) >= 11 is 0. The Balaban J connectivity index is 1.69. The molecule has 0 N–H and O–H groups in total. The molecule has 1 aromatic heterocycles. The largest absolute Gasteiger partial charge is 0.482 e. The van der Waals surface area contributed by atoms with Gasteiger partial charge in [-0.05, 0) is 24.3 Å². The van der Waals surface area contributed by atoms with Gasteiger partial charge in [-0.15, -0.1) is 0 Å². The van der Waals surface area contributed by atoms with Gasteiger partial charge in [0, 0.05) is 13.0 Å². The van der Waals surface area contributed by atoms with E-state index >= 15 is 0 Å². The Kier molecular flexibility index (Phi) is 5.38. The molecule has 2 heterocycles. The van der Waals surface area contributed by atoms with Crippen LogP contribution in [0.3, 0.4) is 0 Å². The maximum Gasteiger partial charge on any atom is 0.406 e. The van der Waals surface area contributed by atoms with Crippen LogP contribution in [-0.2, 0) is 16.1 Å². The predicted octanol–water partition coefficient (Wildman–Crippen LogP) is 2.99. The lowest BCUT2D eigenvalue weighted by atomic mass is 10.2. The number of amides is 2. The first-order valence-electron chi connectivity index (χ1n) is 8.22. The number of halogens is 3. The van der Waals surface area contributed by atoms with Gasteiger partial charge in [0.1, 0.15) is 18.1 Å². The van der Waals surface area contributed by atoms with Crippen LogP contribution in [-0.4, -0.2) is 42.6 Å². The molecule has 0 aliphatic carbocycles. The van der Waals surface area contributed by atoms with Crippen LogP contribution in [0.1, 0.15) is 12.2 Å². The molecule has 0 radical (unpaired) electrons. The first kappa shape index (κ1) is 18.8. The Morgan fingerprint density at radius 2 is 1.96 bits per heavy atom.